The van der Waals surface area contributed by atoms with Crippen molar-refractivity contribution < 1.29 is 84.2 Å². The van der Waals surface area contributed by atoms with Gasteiger partial charge in [-0.25, -0.2) is 9.59 Å². The Morgan fingerprint density at radius 2 is 0.904 bits per heavy atom. The number of anilines is 2. The van der Waals surface area contributed by atoms with Crippen LogP contribution < -0.4 is 39.9 Å². The average Bonchev–Trinajstić information content (AvgIpc) is 3.34. The summed E-state index contributed by atoms with van der Waals surface area (Å²) in [6.07, 6.45) is -6.32. The molecule has 0 unspecified atom stereocenters. The van der Waals surface area contributed by atoms with Crippen LogP contribution in [0.2, 0.25) is 0 Å². The smallest absolute Gasteiger partial charge is 0.493 e. The van der Waals surface area contributed by atoms with E-state index in [0.717, 1.165) is 56.7 Å². The Balaban J connectivity index is 1.22. The molecule has 14 nitrogen and oxygen atoms in total. The molecule has 6 aromatic carbocycles. The number of methoxy groups -OCH3 is 2. The molecule has 0 atom stereocenters. The Morgan fingerprint density at radius 3 is 1.27 bits per heavy atom. The van der Waals surface area contributed by atoms with Gasteiger partial charge in [-0.15, -0.1) is 26.3 Å². The van der Waals surface area contributed by atoms with Crippen LogP contribution in [0.4, 0.5) is 37.7 Å². The van der Waals surface area contributed by atoms with E-state index >= 15 is 0 Å². The molecule has 6 aromatic rings. The summed E-state index contributed by atoms with van der Waals surface area (Å²) < 4.78 is 105. The van der Waals surface area contributed by atoms with Gasteiger partial charge in [0.05, 0.1) is 25.3 Å². The van der Waals surface area contributed by atoms with Gasteiger partial charge in [-0.1, -0.05) is 60.7 Å². The summed E-state index contributed by atoms with van der Waals surface area (Å²) in [7, 11) is 2.19. The van der Waals surface area contributed by atoms with Crippen LogP contribution in [0.15, 0.2) is 146 Å². The fourth-order valence-electron chi connectivity index (χ4n) is 7.37. The predicted molar refractivity (Wildman–Crippen MR) is 254 cm³/mol. The fraction of sp³-hybridized carbons (Fsp3) is 0.170. The van der Waals surface area contributed by atoms with E-state index in [2.05, 4.69) is 9.47 Å². The van der Waals surface area contributed by atoms with E-state index in [-0.39, 0.29) is 47.0 Å². The first-order valence-electron chi connectivity index (χ1n) is 21.5. The van der Waals surface area contributed by atoms with E-state index in [1.807, 2.05) is 0 Å². The minimum absolute atomic E-state index is 0.00530. The number of allylic oxidation sites excluding steroid dienone is 1. The van der Waals surface area contributed by atoms with Gasteiger partial charge in [-0.2, -0.15) is 0 Å². The molecule has 0 saturated carbocycles. The topological polar surface area (TPSA) is 216 Å². The largest absolute Gasteiger partial charge is 0.573 e. The zero-order valence-corrected chi connectivity index (χ0v) is 38.5. The lowest BCUT2D eigenvalue weighted by atomic mass is 9.65. The van der Waals surface area contributed by atoms with E-state index in [1.165, 1.54) is 66.8 Å². The summed E-state index contributed by atoms with van der Waals surface area (Å²) in [6.45, 7) is 0. The average molecular weight is 1010 g/mol. The summed E-state index contributed by atoms with van der Waals surface area (Å²) in [6, 6.07) is 30.0. The molecule has 0 fully saturated rings. The van der Waals surface area contributed by atoms with E-state index < -0.39 is 65.4 Å². The molecule has 0 aliphatic rings. The van der Waals surface area contributed by atoms with Crippen molar-refractivity contribution in [1.82, 2.24) is 0 Å². The van der Waals surface area contributed by atoms with Crippen molar-refractivity contribution in [2.24, 2.45) is 5.41 Å². The quantitative estimate of drug-likeness (QED) is 0.0140. The van der Waals surface area contributed by atoms with Crippen molar-refractivity contribution in [3.05, 3.63) is 179 Å². The van der Waals surface area contributed by atoms with Crippen molar-refractivity contribution in [2.45, 2.75) is 37.8 Å². The number of rotatable bonds is 20. The second-order valence-corrected chi connectivity index (χ2v) is 16.2. The van der Waals surface area contributed by atoms with Crippen molar-refractivity contribution in [3.8, 4) is 34.5 Å². The Hall–Kier alpha value is -8.62. The van der Waals surface area contributed by atoms with Crippen LogP contribution in [0.1, 0.15) is 49.4 Å². The Bertz CT molecular complexity index is 2940. The van der Waals surface area contributed by atoms with Gasteiger partial charge in [-0.3, -0.25) is 9.59 Å². The van der Waals surface area contributed by atoms with Crippen molar-refractivity contribution >= 4 is 47.0 Å². The van der Waals surface area contributed by atoms with Crippen LogP contribution in [0.3, 0.4) is 0 Å². The third-order valence-corrected chi connectivity index (χ3v) is 11.0. The molecule has 0 aliphatic carbocycles. The standard InChI is InChI=1S/C53H44F6N2O12/c1-68-45-27-36(13-24-43(45)72-52(54,55)56)48(64)70-41-20-8-32(9-21-41)7-19-40(62)31-50(29-34-3-15-38(60)16-4-34,30-35-5-17-39(61)18-6-35)51(66,67)47(63)26-12-33-10-22-42(23-11-33)71-49(65)37-14-25-44(46(28-37)69-2)73-53(57,58)59/h3-28,66-67H,29-31,60-61H2,1-2H3. The number of alkyl halides is 6. The van der Waals surface area contributed by atoms with E-state index in [9.17, 15) is 55.7 Å². The lowest BCUT2D eigenvalue weighted by Gasteiger charge is -2.42. The van der Waals surface area contributed by atoms with Crippen LogP contribution in [0.5, 0.6) is 34.5 Å². The number of hydrogen-bond donors (Lipinski definition) is 4. The molecule has 20 heteroatoms. The molecular weight excluding hydrogens is 971 g/mol. The third-order valence-electron chi connectivity index (χ3n) is 11.0. The number of carbonyl (C=O) groups is 4. The van der Waals surface area contributed by atoms with E-state index in [0.29, 0.717) is 33.6 Å². The van der Waals surface area contributed by atoms with Gasteiger partial charge in [0.1, 0.15) is 11.5 Å². The second kappa shape index (κ2) is 22.6. The highest BCUT2D eigenvalue weighted by Crippen LogP contribution is 2.43. The van der Waals surface area contributed by atoms with Gasteiger partial charge in [0.2, 0.25) is 11.6 Å². The molecule has 0 radical (unpaired) electrons. The minimum atomic E-state index is -5.01. The maximum Gasteiger partial charge on any atom is 0.573 e. The van der Waals surface area contributed by atoms with Gasteiger partial charge >= 0.3 is 24.7 Å². The molecule has 0 aliphatic heterocycles. The number of carbonyl (C=O) groups excluding carboxylic acids is 4. The number of esters is 2. The lowest BCUT2D eigenvalue weighted by Crippen LogP contribution is -2.57. The van der Waals surface area contributed by atoms with E-state index in [1.54, 1.807) is 48.5 Å². The summed E-state index contributed by atoms with van der Waals surface area (Å²) in [5.41, 5.74) is 12.2. The summed E-state index contributed by atoms with van der Waals surface area (Å²) in [5, 5.41) is 24.3. The normalized spacial score (nSPS) is 12.1. The Kier molecular flexibility index (Phi) is 16.7. The van der Waals surface area contributed by atoms with Gasteiger partial charge in [0, 0.05) is 23.2 Å². The highest BCUT2D eigenvalue weighted by molar-refractivity contribution is 6.01. The first-order chi connectivity index (χ1) is 34.4. The number of ketones is 2. The maximum absolute atomic E-state index is 14.2. The molecule has 0 bridgehead atoms. The second-order valence-electron chi connectivity index (χ2n) is 16.2. The summed E-state index contributed by atoms with van der Waals surface area (Å²) in [5.74, 6) is -8.98. The van der Waals surface area contributed by atoms with Gasteiger partial charge in [-0.05, 0) is 132 Å². The molecule has 6 N–H and O–H groups in total. The molecule has 0 aromatic heterocycles. The van der Waals surface area contributed by atoms with Gasteiger partial charge in [0.15, 0.2) is 28.8 Å². The van der Waals surface area contributed by atoms with Crippen molar-refractivity contribution in [1.29, 1.82) is 0 Å². The predicted octanol–water partition coefficient (Wildman–Crippen LogP) is 9.51. The molecule has 0 spiro atoms. The molecule has 0 amide bonds. The first kappa shape index (κ1) is 53.7. The number of benzene rings is 6. The Labute approximate surface area is 412 Å². The fourth-order valence-corrected chi connectivity index (χ4v) is 7.37. The van der Waals surface area contributed by atoms with Crippen LogP contribution in [0, 0.1) is 5.41 Å². The zero-order chi connectivity index (χ0) is 53.1. The molecule has 73 heavy (non-hydrogen) atoms. The van der Waals surface area contributed by atoms with Gasteiger partial charge in [0.25, 0.3) is 0 Å². The van der Waals surface area contributed by atoms with Crippen LogP contribution in [0.25, 0.3) is 12.2 Å². The van der Waals surface area contributed by atoms with Crippen molar-refractivity contribution in [2.75, 3.05) is 25.7 Å². The molecular formula is C53H44F6N2O12. The number of ether oxygens (including phenoxy) is 6. The number of aliphatic hydroxyl groups is 2. The van der Waals surface area contributed by atoms with Crippen molar-refractivity contribution in [3.63, 3.8) is 0 Å². The number of hydrogen-bond acceptors (Lipinski definition) is 14. The highest BCUT2D eigenvalue weighted by Gasteiger charge is 2.54. The molecule has 0 saturated heterocycles. The third kappa shape index (κ3) is 14.7. The SMILES string of the molecule is COc1cc(C(=O)Oc2ccc(C=CC(=O)CC(Cc3ccc(N)cc3)(Cc3ccc(N)cc3)C(O)(O)C(=O)C=Cc3ccc(OC(=O)c4ccc(OC(F)(F)F)c(OC)c4)cc3)cc2)ccc1OC(F)(F)F. The Morgan fingerprint density at radius 1 is 0.521 bits per heavy atom. The van der Waals surface area contributed by atoms with E-state index in [4.69, 9.17) is 30.4 Å². The molecule has 0 heterocycles. The van der Waals surface area contributed by atoms with Gasteiger partial charge < -0.3 is 50.1 Å². The molecule has 380 valence electrons. The highest BCUT2D eigenvalue weighted by atomic mass is 19.4. The maximum atomic E-state index is 14.2. The monoisotopic (exact) mass is 1010 g/mol. The molecule has 6 rings (SSSR count). The van der Waals surface area contributed by atoms with Crippen LogP contribution in [-0.4, -0.2) is 66.4 Å². The van der Waals surface area contributed by atoms with Crippen LogP contribution >= 0.6 is 0 Å². The minimum Gasteiger partial charge on any atom is -0.493 e. The first-order valence-corrected chi connectivity index (χ1v) is 21.5. The zero-order valence-electron chi connectivity index (χ0n) is 38.5. The summed E-state index contributed by atoms with van der Waals surface area (Å²) in [4.78, 5) is 54.0. The number of nitrogen functional groups attached to an aromatic ring is 2. The number of nitrogens with two attached hydrogens (primary N) is 2. The van der Waals surface area contributed by atoms with Crippen LogP contribution in [-0.2, 0) is 22.4 Å². The lowest BCUT2D eigenvalue weighted by molar-refractivity contribution is -0.276. The number of halogens is 6. The summed E-state index contributed by atoms with van der Waals surface area (Å²) >= 11 is 0.